The molecule has 0 aliphatic carbocycles. The molecule has 0 fully saturated rings. The largest absolute Gasteiger partial charge is 0.322 e. The summed E-state index contributed by atoms with van der Waals surface area (Å²) in [4.78, 5) is 16.3. The van der Waals surface area contributed by atoms with Crippen molar-refractivity contribution in [3.05, 3.63) is 78.5 Å². The fourth-order valence-corrected chi connectivity index (χ4v) is 4.13. The summed E-state index contributed by atoms with van der Waals surface area (Å²) in [5.74, 6) is -0.283. The molecular weight excluding hydrogens is 440 g/mol. The molecule has 0 aliphatic rings. The van der Waals surface area contributed by atoms with Crippen LogP contribution in [0.15, 0.2) is 77.8 Å². The van der Waals surface area contributed by atoms with Crippen LogP contribution in [0.5, 0.6) is 0 Å². The molecule has 0 saturated heterocycles. The lowest BCUT2D eigenvalue weighted by Crippen LogP contribution is -2.15. The molecule has 162 valence electrons. The Morgan fingerprint density at radius 2 is 1.48 bits per heavy atom. The zero-order chi connectivity index (χ0) is 22.5. The third kappa shape index (κ3) is 6.03. The van der Waals surface area contributed by atoms with E-state index in [1.54, 1.807) is 12.1 Å². The molecule has 0 unspecified atom stereocenters. The lowest BCUT2D eigenvalue weighted by atomic mass is 10.2. The average molecular weight is 461 g/mol. The third-order valence-electron chi connectivity index (χ3n) is 4.13. The van der Waals surface area contributed by atoms with Crippen molar-refractivity contribution in [1.29, 1.82) is 0 Å². The van der Waals surface area contributed by atoms with Gasteiger partial charge in [-0.25, -0.2) is 21.8 Å². The lowest BCUT2D eigenvalue weighted by Gasteiger charge is -2.10. The predicted molar refractivity (Wildman–Crippen MR) is 119 cm³/mol. The summed E-state index contributed by atoms with van der Waals surface area (Å²) in [6.07, 6.45) is 1.47. The summed E-state index contributed by atoms with van der Waals surface area (Å²) in [7, 11) is -7.21. The minimum atomic E-state index is -3.81. The molecule has 3 rings (SSSR count). The number of benzene rings is 2. The zero-order valence-corrected chi connectivity index (χ0v) is 18.1. The number of carbonyl (C=O) groups is 1. The van der Waals surface area contributed by atoms with Gasteiger partial charge in [-0.2, -0.15) is 0 Å². The van der Waals surface area contributed by atoms with E-state index in [0.717, 1.165) is 0 Å². The van der Waals surface area contributed by atoms with Crippen molar-refractivity contribution in [3.63, 3.8) is 0 Å². The Bertz CT molecular complexity index is 1260. The van der Waals surface area contributed by atoms with Gasteiger partial charge in [-0.15, -0.1) is 0 Å². The summed E-state index contributed by atoms with van der Waals surface area (Å²) in [6, 6.07) is 16.5. The Hall–Kier alpha value is -3.44. The van der Waals surface area contributed by atoms with Crippen LogP contribution in [-0.4, -0.2) is 33.5 Å². The first-order valence-electron chi connectivity index (χ1n) is 9.14. The van der Waals surface area contributed by atoms with Crippen molar-refractivity contribution in [1.82, 2.24) is 4.98 Å². The Morgan fingerprint density at radius 1 is 0.839 bits per heavy atom. The fraction of sp³-hybridized carbons (Fsp3) is 0.100. The summed E-state index contributed by atoms with van der Waals surface area (Å²) >= 11 is 0. The molecule has 11 heteroatoms. The molecule has 31 heavy (non-hydrogen) atoms. The van der Waals surface area contributed by atoms with Crippen molar-refractivity contribution in [3.8, 4) is 0 Å². The lowest BCUT2D eigenvalue weighted by molar-refractivity contribution is 0.102. The maximum atomic E-state index is 12.4. The SMILES string of the molecule is CCS(=O)(=O)Nc1ccc(C(=O)Nc2ccc(S(=O)(=O)Nc3ccccn3)cc2)cc1. The molecular formula is C20H20N4O5S2. The number of pyridine rings is 1. The van der Waals surface area contributed by atoms with E-state index in [1.807, 2.05) is 0 Å². The monoisotopic (exact) mass is 460 g/mol. The first-order valence-corrected chi connectivity index (χ1v) is 12.3. The van der Waals surface area contributed by atoms with Crippen LogP contribution in [0.25, 0.3) is 0 Å². The number of amides is 1. The van der Waals surface area contributed by atoms with E-state index in [-0.39, 0.29) is 16.5 Å². The van der Waals surface area contributed by atoms with E-state index < -0.39 is 26.0 Å². The number of nitrogens with one attached hydrogen (secondary N) is 3. The van der Waals surface area contributed by atoms with E-state index in [9.17, 15) is 21.6 Å². The van der Waals surface area contributed by atoms with Crippen molar-refractivity contribution >= 4 is 43.1 Å². The summed E-state index contributed by atoms with van der Waals surface area (Å²) in [6.45, 7) is 1.52. The Balaban J connectivity index is 1.66. The molecule has 1 amide bonds. The minimum absolute atomic E-state index is 0.0173. The highest BCUT2D eigenvalue weighted by atomic mass is 32.2. The van der Waals surface area contributed by atoms with Crippen LogP contribution in [0.2, 0.25) is 0 Å². The van der Waals surface area contributed by atoms with E-state index in [2.05, 4.69) is 19.7 Å². The van der Waals surface area contributed by atoms with Crippen LogP contribution in [0.4, 0.5) is 17.2 Å². The standard InChI is InChI=1S/C20H20N4O5S2/c1-2-30(26,27)23-17-8-6-15(7-9-17)20(25)22-16-10-12-18(13-11-16)31(28,29)24-19-5-3-4-14-21-19/h3-14,23H,2H2,1H3,(H,21,24)(H,22,25). The topological polar surface area (TPSA) is 134 Å². The highest BCUT2D eigenvalue weighted by Crippen LogP contribution is 2.18. The van der Waals surface area contributed by atoms with Gasteiger partial charge in [0, 0.05) is 23.1 Å². The summed E-state index contributed by atoms with van der Waals surface area (Å²) in [5.41, 5.74) is 1.07. The highest BCUT2D eigenvalue weighted by Gasteiger charge is 2.15. The number of carbonyl (C=O) groups excluding carboxylic acids is 1. The number of sulfonamides is 2. The van der Waals surface area contributed by atoms with Crippen LogP contribution >= 0.6 is 0 Å². The molecule has 2 aromatic carbocycles. The zero-order valence-electron chi connectivity index (χ0n) is 16.4. The molecule has 0 saturated carbocycles. The highest BCUT2D eigenvalue weighted by molar-refractivity contribution is 7.93. The second kappa shape index (κ2) is 9.14. The molecule has 1 aromatic heterocycles. The average Bonchev–Trinajstić information content (AvgIpc) is 2.75. The molecule has 0 aliphatic heterocycles. The number of anilines is 3. The maximum Gasteiger partial charge on any atom is 0.263 e. The van der Waals surface area contributed by atoms with Crippen LogP contribution in [0.3, 0.4) is 0 Å². The molecule has 1 heterocycles. The quantitative estimate of drug-likeness (QED) is 0.473. The van der Waals surface area contributed by atoms with E-state index in [1.165, 1.54) is 67.7 Å². The maximum absolute atomic E-state index is 12.4. The smallest absolute Gasteiger partial charge is 0.263 e. The normalized spacial score (nSPS) is 11.5. The number of aromatic nitrogens is 1. The Morgan fingerprint density at radius 3 is 2.06 bits per heavy atom. The number of nitrogens with zero attached hydrogens (tertiary/aromatic N) is 1. The van der Waals surface area contributed by atoms with Gasteiger partial charge in [-0.1, -0.05) is 6.07 Å². The molecule has 3 aromatic rings. The Kier molecular flexibility index (Phi) is 6.56. The first-order chi connectivity index (χ1) is 14.7. The van der Waals surface area contributed by atoms with Crippen molar-refractivity contribution < 1.29 is 21.6 Å². The van der Waals surface area contributed by atoms with Gasteiger partial charge >= 0.3 is 0 Å². The molecule has 3 N–H and O–H groups in total. The number of hydrogen-bond acceptors (Lipinski definition) is 6. The van der Waals surface area contributed by atoms with Gasteiger partial charge in [0.25, 0.3) is 15.9 Å². The van der Waals surface area contributed by atoms with Crippen molar-refractivity contribution in [2.24, 2.45) is 0 Å². The summed E-state index contributed by atoms with van der Waals surface area (Å²) < 4.78 is 52.8. The van der Waals surface area contributed by atoms with Gasteiger partial charge in [0.2, 0.25) is 10.0 Å². The number of rotatable bonds is 8. The van der Waals surface area contributed by atoms with Crippen molar-refractivity contribution in [2.75, 3.05) is 20.5 Å². The van der Waals surface area contributed by atoms with E-state index in [4.69, 9.17) is 0 Å². The second-order valence-corrected chi connectivity index (χ2v) is 10.1. The summed E-state index contributed by atoms with van der Waals surface area (Å²) in [5, 5.41) is 2.66. The van der Waals surface area contributed by atoms with Gasteiger partial charge < -0.3 is 5.32 Å². The van der Waals surface area contributed by atoms with Gasteiger partial charge in [-0.3, -0.25) is 14.2 Å². The molecule has 0 radical (unpaired) electrons. The van der Waals surface area contributed by atoms with Crippen molar-refractivity contribution in [2.45, 2.75) is 11.8 Å². The molecule has 0 spiro atoms. The predicted octanol–water partition coefficient (Wildman–Crippen LogP) is 2.90. The third-order valence-corrected chi connectivity index (χ3v) is 6.80. The van der Waals surface area contributed by atoms with Gasteiger partial charge in [0.15, 0.2) is 0 Å². The van der Waals surface area contributed by atoms with Crippen LogP contribution in [0, 0.1) is 0 Å². The second-order valence-electron chi connectivity index (χ2n) is 6.38. The van der Waals surface area contributed by atoms with Gasteiger partial charge in [-0.05, 0) is 67.6 Å². The van der Waals surface area contributed by atoms with Crippen LogP contribution < -0.4 is 14.8 Å². The molecule has 0 atom stereocenters. The molecule has 9 nitrogen and oxygen atoms in total. The van der Waals surface area contributed by atoms with Crippen LogP contribution in [-0.2, 0) is 20.0 Å². The van der Waals surface area contributed by atoms with Crippen LogP contribution in [0.1, 0.15) is 17.3 Å². The molecule has 0 bridgehead atoms. The van der Waals surface area contributed by atoms with Gasteiger partial charge in [0.1, 0.15) is 5.82 Å². The van der Waals surface area contributed by atoms with E-state index >= 15 is 0 Å². The van der Waals surface area contributed by atoms with E-state index in [0.29, 0.717) is 16.9 Å². The number of hydrogen-bond donors (Lipinski definition) is 3. The minimum Gasteiger partial charge on any atom is -0.322 e. The first kappa shape index (κ1) is 22.2. The Labute approximate surface area is 180 Å². The van der Waals surface area contributed by atoms with Gasteiger partial charge in [0.05, 0.1) is 10.6 Å². The fourth-order valence-electron chi connectivity index (χ4n) is 2.48.